The van der Waals surface area contributed by atoms with E-state index in [0.29, 0.717) is 0 Å². The molecule has 0 aliphatic heterocycles. The van der Waals surface area contributed by atoms with Crippen molar-refractivity contribution in [2.75, 3.05) is 40.8 Å². The van der Waals surface area contributed by atoms with Gasteiger partial charge in [0.05, 0.1) is 0 Å². The second kappa shape index (κ2) is 9.47. The summed E-state index contributed by atoms with van der Waals surface area (Å²) >= 11 is 0. The molecule has 0 saturated carbocycles. The molecule has 0 rings (SSSR count). The Morgan fingerprint density at radius 1 is 0.714 bits per heavy atom. The van der Waals surface area contributed by atoms with Gasteiger partial charge in [0.15, 0.2) is 0 Å². The van der Waals surface area contributed by atoms with Crippen LogP contribution in [0.3, 0.4) is 0 Å². The topological polar surface area (TPSA) is 6.48 Å². The summed E-state index contributed by atoms with van der Waals surface area (Å²) in [6.07, 6.45) is 6.79. The van der Waals surface area contributed by atoms with Gasteiger partial charge in [-0.1, -0.05) is 26.2 Å². The smallest absolute Gasteiger partial charge is 0.000960 e. The summed E-state index contributed by atoms with van der Waals surface area (Å²) in [7, 11) is 6.52. The number of hydrogen-bond donors (Lipinski definition) is 0. The predicted octanol–water partition coefficient (Wildman–Crippen LogP) is 2.45. The van der Waals surface area contributed by atoms with E-state index in [0.717, 1.165) is 0 Å². The fourth-order valence-corrected chi connectivity index (χ4v) is 1.58. The first-order valence-electron chi connectivity index (χ1n) is 6.00. The summed E-state index contributed by atoms with van der Waals surface area (Å²) in [5, 5.41) is 0. The SMILES string of the molecule is CCCCCCN(C)CCCN(C)C. The molecular formula is C12H28N2. The summed E-state index contributed by atoms with van der Waals surface area (Å²) in [4.78, 5) is 4.71. The van der Waals surface area contributed by atoms with Crippen LogP contribution < -0.4 is 0 Å². The molecule has 0 aliphatic rings. The van der Waals surface area contributed by atoms with Crippen molar-refractivity contribution in [1.82, 2.24) is 9.80 Å². The van der Waals surface area contributed by atoms with Gasteiger partial charge in [-0.25, -0.2) is 0 Å². The third-order valence-electron chi connectivity index (χ3n) is 2.54. The van der Waals surface area contributed by atoms with E-state index in [1.807, 2.05) is 0 Å². The Labute approximate surface area is 90.3 Å². The molecule has 2 heteroatoms. The molecule has 0 saturated heterocycles. The largest absolute Gasteiger partial charge is 0.309 e. The molecule has 2 nitrogen and oxygen atoms in total. The maximum Gasteiger partial charge on any atom is -0.000960 e. The molecule has 86 valence electrons. The summed E-state index contributed by atoms with van der Waals surface area (Å²) < 4.78 is 0. The third kappa shape index (κ3) is 10.0. The van der Waals surface area contributed by atoms with Crippen molar-refractivity contribution in [3.63, 3.8) is 0 Å². The van der Waals surface area contributed by atoms with Gasteiger partial charge in [0, 0.05) is 0 Å². The molecule has 0 amide bonds. The van der Waals surface area contributed by atoms with E-state index in [-0.39, 0.29) is 0 Å². The monoisotopic (exact) mass is 200 g/mol. The molecule has 0 heterocycles. The van der Waals surface area contributed by atoms with Gasteiger partial charge >= 0.3 is 0 Å². The maximum atomic E-state index is 2.46. The van der Waals surface area contributed by atoms with Crippen molar-refractivity contribution < 1.29 is 0 Å². The summed E-state index contributed by atoms with van der Waals surface area (Å²) in [6.45, 7) is 5.98. The highest BCUT2D eigenvalue weighted by molar-refractivity contribution is 4.54. The minimum atomic E-state index is 1.21. The van der Waals surface area contributed by atoms with Crippen LogP contribution >= 0.6 is 0 Å². The highest BCUT2D eigenvalue weighted by atomic mass is 15.1. The predicted molar refractivity (Wildman–Crippen MR) is 64.8 cm³/mol. The Hall–Kier alpha value is -0.0800. The third-order valence-corrected chi connectivity index (χ3v) is 2.54. The Kier molecular flexibility index (Phi) is 9.42. The van der Waals surface area contributed by atoms with E-state index in [4.69, 9.17) is 0 Å². The highest BCUT2D eigenvalue weighted by Crippen LogP contribution is 2.00. The Morgan fingerprint density at radius 3 is 1.93 bits per heavy atom. The molecule has 0 aromatic rings. The minimum absolute atomic E-state index is 1.21. The lowest BCUT2D eigenvalue weighted by molar-refractivity contribution is 0.294. The number of nitrogens with zero attached hydrogens (tertiary/aromatic N) is 2. The first-order chi connectivity index (χ1) is 6.66. The van der Waals surface area contributed by atoms with Crippen LogP contribution in [0.5, 0.6) is 0 Å². The van der Waals surface area contributed by atoms with E-state index < -0.39 is 0 Å². The van der Waals surface area contributed by atoms with E-state index in [1.165, 1.54) is 51.7 Å². The normalized spacial score (nSPS) is 11.6. The van der Waals surface area contributed by atoms with Gasteiger partial charge in [-0.3, -0.25) is 0 Å². The maximum absolute atomic E-state index is 2.46. The molecule has 0 aromatic carbocycles. The summed E-state index contributed by atoms with van der Waals surface area (Å²) in [5.74, 6) is 0. The van der Waals surface area contributed by atoms with Gasteiger partial charge < -0.3 is 9.80 Å². The fourth-order valence-electron chi connectivity index (χ4n) is 1.58. The van der Waals surface area contributed by atoms with Gasteiger partial charge in [-0.2, -0.15) is 0 Å². The second-order valence-corrected chi connectivity index (χ2v) is 4.52. The van der Waals surface area contributed by atoms with Gasteiger partial charge in [0.2, 0.25) is 0 Å². The van der Waals surface area contributed by atoms with Crippen LogP contribution in [0.2, 0.25) is 0 Å². The van der Waals surface area contributed by atoms with Crippen molar-refractivity contribution in [3.05, 3.63) is 0 Å². The van der Waals surface area contributed by atoms with Gasteiger partial charge in [-0.15, -0.1) is 0 Å². The molecule has 14 heavy (non-hydrogen) atoms. The van der Waals surface area contributed by atoms with Crippen molar-refractivity contribution >= 4 is 0 Å². The number of rotatable bonds is 9. The van der Waals surface area contributed by atoms with Crippen molar-refractivity contribution in [1.29, 1.82) is 0 Å². The van der Waals surface area contributed by atoms with Gasteiger partial charge in [-0.05, 0) is 53.6 Å². The van der Waals surface area contributed by atoms with Crippen molar-refractivity contribution in [2.24, 2.45) is 0 Å². The van der Waals surface area contributed by atoms with Crippen LogP contribution in [0.1, 0.15) is 39.0 Å². The van der Waals surface area contributed by atoms with E-state index in [2.05, 4.69) is 37.9 Å². The Morgan fingerprint density at radius 2 is 1.36 bits per heavy atom. The van der Waals surface area contributed by atoms with Crippen LogP contribution in [0.15, 0.2) is 0 Å². The van der Waals surface area contributed by atoms with Gasteiger partial charge in [0.25, 0.3) is 0 Å². The number of hydrogen-bond acceptors (Lipinski definition) is 2. The van der Waals surface area contributed by atoms with Crippen molar-refractivity contribution in [2.45, 2.75) is 39.0 Å². The van der Waals surface area contributed by atoms with Crippen LogP contribution in [0.25, 0.3) is 0 Å². The second-order valence-electron chi connectivity index (χ2n) is 4.52. The zero-order valence-electron chi connectivity index (χ0n) is 10.6. The lowest BCUT2D eigenvalue weighted by Crippen LogP contribution is -2.24. The lowest BCUT2D eigenvalue weighted by atomic mass is 10.2. The zero-order chi connectivity index (χ0) is 10.8. The minimum Gasteiger partial charge on any atom is -0.309 e. The lowest BCUT2D eigenvalue weighted by Gasteiger charge is -2.17. The van der Waals surface area contributed by atoms with E-state index in [9.17, 15) is 0 Å². The molecular weight excluding hydrogens is 172 g/mol. The molecule has 0 spiro atoms. The van der Waals surface area contributed by atoms with E-state index >= 15 is 0 Å². The molecule has 0 unspecified atom stereocenters. The summed E-state index contributed by atoms with van der Waals surface area (Å²) in [6, 6.07) is 0. The van der Waals surface area contributed by atoms with Crippen LogP contribution in [0.4, 0.5) is 0 Å². The number of unbranched alkanes of at least 4 members (excludes halogenated alkanes) is 3. The zero-order valence-corrected chi connectivity index (χ0v) is 10.6. The first kappa shape index (κ1) is 13.9. The molecule has 0 aliphatic carbocycles. The average Bonchev–Trinajstić information content (AvgIpc) is 2.12. The molecule has 0 N–H and O–H groups in total. The average molecular weight is 200 g/mol. The standard InChI is InChI=1S/C12H28N2/c1-5-6-7-8-11-14(4)12-9-10-13(2)3/h5-12H2,1-4H3. The molecule has 0 aromatic heterocycles. The first-order valence-corrected chi connectivity index (χ1v) is 6.00. The fraction of sp³-hybridized carbons (Fsp3) is 1.00. The Balaban J connectivity index is 3.15. The molecule has 0 radical (unpaired) electrons. The van der Waals surface area contributed by atoms with E-state index in [1.54, 1.807) is 0 Å². The molecule has 0 bridgehead atoms. The summed E-state index contributed by atoms with van der Waals surface area (Å²) in [5.41, 5.74) is 0. The van der Waals surface area contributed by atoms with Crippen LogP contribution in [-0.2, 0) is 0 Å². The molecule has 0 fully saturated rings. The quantitative estimate of drug-likeness (QED) is 0.528. The molecule has 0 atom stereocenters. The Bertz CT molecular complexity index is 113. The van der Waals surface area contributed by atoms with Crippen LogP contribution in [-0.4, -0.2) is 50.6 Å². The highest BCUT2D eigenvalue weighted by Gasteiger charge is 1.98. The van der Waals surface area contributed by atoms with Gasteiger partial charge in [0.1, 0.15) is 0 Å². The van der Waals surface area contributed by atoms with Crippen LogP contribution in [0, 0.1) is 0 Å². The van der Waals surface area contributed by atoms with Crippen molar-refractivity contribution in [3.8, 4) is 0 Å².